The quantitative estimate of drug-likeness (QED) is 0.638. The van der Waals surface area contributed by atoms with Gasteiger partial charge < -0.3 is 20.1 Å². The maximum Gasteiger partial charge on any atom is 0.191 e. The van der Waals surface area contributed by atoms with Crippen molar-refractivity contribution in [3.05, 3.63) is 35.4 Å². The average molecular weight is 341 g/mol. The van der Waals surface area contributed by atoms with Gasteiger partial charge in [0.05, 0.1) is 11.6 Å². The molecule has 5 nitrogen and oxygen atoms in total. The van der Waals surface area contributed by atoms with Crippen LogP contribution in [0.2, 0.25) is 0 Å². The number of benzene rings is 1. The first kappa shape index (κ1) is 18.6. The van der Waals surface area contributed by atoms with Crippen LogP contribution < -0.4 is 10.6 Å². The lowest BCUT2D eigenvalue weighted by Crippen LogP contribution is -2.51. The number of nitrogens with zero attached hydrogens (tertiary/aromatic N) is 1. The standard InChI is InChI=1S/C17H25F2N3O2/c1-12(14-5-4-13(18)10-15(14)19)22-16(20-2)21-11-17(23-3)6-8-24-9-7-17/h4-5,10,12H,6-9,11H2,1-3H3,(H2,20,21,22). The molecular formula is C17H25F2N3O2. The highest BCUT2D eigenvalue weighted by Crippen LogP contribution is 2.23. The summed E-state index contributed by atoms with van der Waals surface area (Å²) in [7, 11) is 3.34. The third-order valence-corrected chi connectivity index (χ3v) is 4.42. The first-order valence-electron chi connectivity index (χ1n) is 8.05. The van der Waals surface area contributed by atoms with Crippen molar-refractivity contribution in [2.45, 2.75) is 31.4 Å². The van der Waals surface area contributed by atoms with E-state index in [1.54, 1.807) is 21.1 Å². The molecule has 1 heterocycles. The van der Waals surface area contributed by atoms with E-state index in [4.69, 9.17) is 9.47 Å². The first-order chi connectivity index (χ1) is 11.5. The summed E-state index contributed by atoms with van der Waals surface area (Å²) in [5.41, 5.74) is 0.0899. The molecule has 1 atom stereocenters. The third-order valence-electron chi connectivity index (χ3n) is 4.42. The molecule has 1 aromatic rings. The maximum absolute atomic E-state index is 13.9. The molecule has 1 aliphatic heterocycles. The minimum Gasteiger partial charge on any atom is -0.381 e. The van der Waals surface area contributed by atoms with Crippen LogP contribution in [0.5, 0.6) is 0 Å². The molecule has 0 spiro atoms. The molecule has 1 fully saturated rings. The van der Waals surface area contributed by atoms with Crippen molar-refractivity contribution >= 4 is 5.96 Å². The molecule has 0 amide bonds. The smallest absolute Gasteiger partial charge is 0.191 e. The summed E-state index contributed by atoms with van der Waals surface area (Å²) in [5.74, 6) is -0.634. The van der Waals surface area contributed by atoms with Crippen LogP contribution in [0.15, 0.2) is 23.2 Å². The van der Waals surface area contributed by atoms with Gasteiger partial charge in [-0.1, -0.05) is 6.07 Å². The summed E-state index contributed by atoms with van der Waals surface area (Å²) in [6, 6.07) is 3.20. The fraction of sp³-hybridized carbons (Fsp3) is 0.588. The number of halogens is 2. The molecular weight excluding hydrogens is 316 g/mol. The van der Waals surface area contributed by atoms with Gasteiger partial charge in [0.25, 0.3) is 0 Å². The summed E-state index contributed by atoms with van der Waals surface area (Å²) in [6.45, 7) is 3.70. The number of hydrogen-bond donors (Lipinski definition) is 2. The molecule has 0 aliphatic carbocycles. The second kappa shape index (κ2) is 8.39. The van der Waals surface area contributed by atoms with Crippen molar-refractivity contribution in [2.75, 3.05) is 33.9 Å². The SMILES string of the molecule is CN=C(NCC1(OC)CCOCC1)NC(C)c1ccc(F)cc1F. The van der Waals surface area contributed by atoms with Gasteiger partial charge in [0.1, 0.15) is 11.6 Å². The molecule has 7 heteroatoms. The van der Waals surface area contributed by atoms with Gasteiger partial charge in [-0.15, -0.1) is 0 Å². The lowest BCUT2D eigenvalue weighted by molar-refractivity contribution is -0.0855. The molecule has 134 valence electrons. The van der Waals surface area contributed by atoms with E-state index in [1.165, 1.54) is 12.1 Å². The van der Waals surface area contributed by atoms with Crippen molar-refractivity contribution < 1.29 is 18.3 Å². The Morgan fingerprint density at radius 3 is 2.67 bits per heavy atom. The van der Waals surface area contributed by atoms with E-state index in [0.29, 0.717) is 31.3 Å². The molecule has 1 unspecified atom stereocenters. The predicted octanol–water partition coefficient (Wildman–Crippen LogP) is 2.39. The summed E-state index contributed by atoms with van der Waals surface area (Å²) < 4.78 is 37.9. The highest BCUT2D eigenvalue weighted by Gasteiger charge is 2.32. The van der Waals surface area contributed by atoms with E-state index in [2.05, 4.69) is 15.6 Å². The van der Waals surface area contributed by atoms with Gasteiger partial charge >= 0.3 is 0 Å². The number of guanidine groups is 1. The van der Waals surface area contributed by atoms with Crippen LogP contribution in [0, 0.1) is 11.6 Å². The van der Waals surface area contributed by atoms with E-state index in [9.17, 15) is 8.78 Å². The first-order valence-corrected chi connectivity index (χ1v) is 8.05. The molecule has 0 saturated carbocycles. The number of hydrogen-bond acceptors (Lipinski definition) is 3. The molecule has 0 radical (unpaired) electrons. The average Bonchev–Trinajstić information content (AvgIpc) is 2.59. The van der Waals surface area contributed by atoms with Crippen molar-refractivity contribution in [1.82, 2.24) is 10.6 Å². The van der Waals surface area contributed by atoms with Gasteiger partial charge in [-0.25, -0.2) is 8.78 Å². The Balaban J connectivity index is 1.96. The molecule has 1 aliphatic rings. The highest BCUT2D eigenvalue weighted by atomic mass is 19.1. The second-order valence-corrected chi connectivity index (χ2v) is 5.96. The Hall–Kier alpha value is -1.73. The zero-order valence-electron chi connectivity index (χ0n) is 14.4. The minimum atomic E-state index is -0.590. The molecule has 2 rings (SSSR count). The molecule has 0 bridgehead atoms. The number of nitrogens with one attached hydrogen (secondary N) is 2. The van der Waals surface area contributed by atoms with Crippen molar-refractivity contribution in [1.29, 1.82) is 0 Å². The monoisotopic (exact) mass is 341 g/mol. The van der Waals surface area contributed by atoms with Crippen LogP contribution in [0.25, 0.3) is 0 Å². The number of rotatable bonds is 5. The third kappa shape index (κ3) is 4.64. The molecule has 1 saturated heterocycles. The molecule has 24 heavy (non-hydrogen) atoms. The van der Waals surface area contributed by atoms with Gasteiger partial charge in [-0.3, -0.25) is 4.99 Å². The highest BCUT2D eigenvalue weighted by molar-refractivity contribution is 5.80. The Morgan fingerprint density at radius 2 is 2.08 bits per heavy atom. The number of methoxy groups -OCH3 is 1. The van der Waals surface area contributed by atoms with Crippen LogP contribution >= 0.6 is 0 Å². The van der Waals surface area contributed by atoms with Gasteiger partial charge in [-0.05, 0) is 13.0 Å². The number of ether oxygens (including phenoxy) is 2. The van der Waals surface area contributed by atoms with Crippen LogP contribution in [0.3, 0.4) is 0 Å². The van der Waals surface area contributed by atoms with E-state index in [1.807, 2.05) is 0 Å². The van der Waals surface area contributed by atoms with Crippen molar-refractivity contribution in [2.24, 2.45) is 4.99 Å². The van der Waals surface area contributed by atoms with Gasteiger partial charge in [0, 0.05) is 58.4 Å². The lowest BCUT2D eigenvalue weighted by atomic mass is 9.94. The summed E-state index contributed by atoms with van der Waals surface area (Å²) >= 11 is 0. The van der Waals surface area contributed by atoms with Crippen molar-refractivity contribution in [3.8, 4) is 0 Å². The Kier molecular flexibility index (Phi) is 6.51. The van der Waals surface area contributed by atoms with E-state index >= 15 is 0 Å². The predicted molar refractivity (Wildman–Crippen MR) is 89.1 cm³/mol. The Morgan fingerprint density at radius 1 is 1.38 bits per heavy atom. The van der Waals surface area contributed by atoms with Crippen LogP contribution in [0.1, 0.15) is 31.4 Å². The summed E-state index contributed by atoms with van der Waals surface area (Å²) in [6.07, 6.45) is 1.60. The Labute approximate surface area is 141 Å². The van der Waals surface area contributed by atoms with E-state index in [0.717, 1.165) is 18.9 Å². The summed E-state index contributed by atoms with van der Waals surface area (Å²) in [4.78, 5) is 4.16. The normalized spacial score (nSPS) is 19.0. The molecule has 0 aromatic heterocycles. The van der Waals surface area contributed by atoms with Crippen molar-refractivity contribution in [3.63, 3.8) is 0 Å². The van der Waals surface area contributed by atoms with Gasteiger partial charge in [-0.2, -0.15) is 0 Å². The van der Waals surface area contributed by atoms with E-state index < -0.39 is 11.6 Å². The minimum absolute atomic E-state index is 0.291. The van der Waals surface area contributed by atoms with E-state index in [-0.39, 0.29) is 11.6 Å². The lowest BCUT2D eigenvalue weighted by Gasteiger charge is -2.36. The van der Waals surface area contributed by atoms with Crippen LogP contribution in [0.4, 0.5) is 8.78 Å². The largest absolute Gasteiger partial charge is 0.381 e. The van der Waals surface area contributed by atoms with Gasteiger partial charge in [0.2, 0.25) is 0 Å². The zero-order chi connectivity index (χ0) is 17.6. The maximum atomic E-state index is 13.9. The topological polar surface area (TPSA) is 54.9 Å². The summed E-state index contributed by atoms with van der Waals surface area (Å²) in [5, 5.41) is 6.34. The van der Waals surface area contributed by atoms with Crippen LogP contribution in [-0.4, -0.2) is 45.5 Å². The van der Waals surface area contributed by atoms with Crippen LogP contribution in [-0.2, 0) is 9.47 Å². The fourth-order valence-corrected chi connectivity index (χ4v) is 2.77. The fourth-order valence-electron chi connectivity index (χ4n) is 2.77. The molecule has 1 aromatic carbocycles. The zero-order valence-corrected chi connectivity index (χ0v) is 14.4. The van der Waals surface area contributed by atoms with Gasteiger partial charge in [0.15, 0.2) is 5.96 Å². The number of aliphatic imine (C=N–C) groups is 1. The second-order valence-electron chi connectivity index (χ2n) is 5.96. The Bertz CT molecular complexity index is 575. The molecule has 2 N–H and O–H groups in total.